The van der Waals surface area contributed by atoms with Crippen molar-refractivity contribution in [1.29, 1.82) is 0 Å². The number of aromatic nitrogens is 2. The van der Waals surface area contributed by atoms with Crippen LogP contribution in [0.2, 0.25) is 0 Å². The number of nitrogens with zero attached hydrogens (tertiary/aromatic N) is 3. The normalized spacial score (nSPS) is 10.4. The number of amides is 1. The number of hydrogen-bond acceptors (Lipinski definition) is 5. The molecule has 0 unspecified atom stereocenters. The number of carbonyl (C=O) groups excluding carboxylic acids is 1. The maximum Gasteiger partial charge on any atom is 0.223 e. The van der Waals surface area contributed by atoms with Crippen LogP contribution in [0.5, 0.6) is 0 Å². The molecule has 6 nitrogen and oxygen atoms in total. The fourth-order valence-electron chi connectivity index (χ4n) is 1.79. The number of hydrogen-bond donors (Lipinski definition) is 2. The molecule has 0 radical (unpaired) electrons. The summed E-state index contributed by atoms with van der Waals surface area (Å²) in [6.07, 6.45) is 1.97. The molecule has 0 saturated carbocycles. The van der Waals surface area contributed by atoms with Crippen LogP contribution in [-0.4, -0.2) is 48.5 Å². The van der Waals surface area contributed by atoms with Gasteiger partial charge in [0.05, 0.1) is 0 Å². The third-order valence-electron chi connectivity index (χ3n) is 2.83. The number of anilines is 2. The molecular weight excluding hydrogens is 242 g/mol. The summed E-state index contributed by atoms with van der Waals surface area (Å²) in [6, 6.07) is 0. The average Bonchev–Trinajstić information content (AvgIpc) is 2.37. The lowest BCUT2D eigenvalue weighted by Gasteiger charge is -2.17. The maximum absolute atomic E-state index is 11.5. The molecule has 0 aliphatic heterocycles. The first-order valence-electron chi connectivity index (χ1n) is 6.44. The molecule has 1 heterocycles. The van der Waals surface area contributed by atoms with Crippen LogP contribution in [0.15, 0.2) is 6.33 Å². The Morgan fingerprint density at radius 1 is 1.32 bits per heavy atom. The fraction of sp³-hybridized carbons (Fsp3) is 0.615. The molecule has 0 bridgehead atoms. The molecule has 1 aromatic heterocycles. The van der Waals surface area contributed by atoms with E-state index in [-0.39, 0.29) is 5.91 Å². The lowest BCUT2D eigenvalue weighted by atomic mass is 10.0. The van der Waals surface area contributed by atoms with Gasteiger partial charge in [-0.1, -0.05) is 13.8 Å². The second kappa shape index (κ2) is 6.92. The predicted octanol–water partition coefficient (Wildman–Crippen LogP) is 1.53. The Kier molecular flexibility index (Phi) is 5.54. The van der Waals surface area contributed by atoms with E-state index in [2.05, 4.69) is 34.4 Å². The van der Waals surface area contributed by atoms with E-state index in [0.29, 0.717) is 18.9 Å². The highest BCUT2D eigenvalue weighted by Crippen LogP contribution is 2.27. The Morgan fingerprint density at radius 3 is 2.47 bits per heavy atom. The SMILES string of the molecule is CNc1ncnc(NCCC(=O)N(C)C)c1C(C)C. The third-order valence-corrected chi connectivity index (χ3v) is 2.83. The zero-order valence-electron chi connectivity index (χ0n) is 12.3. The highest BCUT2D eigenvalue weighted by atomic mass is 16.2. The van der Waals surface area contributed by atoms with Crippen LogP contribution in [0.25, 0.3) is 0 Å². The predicted molar refractivity (Wildman–Crippen MR) is 77.5 cm³/mol. The van der Waals surface area contributed by atoms with Crippen molar-refractivity contribution in [2.24, 2.45) is 0 Å². The standard InChI is InChI=1S/C13H23N5O/c1-9(2)11-12(14-3)16-8-17-13(11)15-7-6-10(19)18(4)5/h8-9H,6-7H2,1-5H3,(H2,14,15,16,17). The molecule has 6 heteroatoms. The molecule has 1 amide bonds. The molecule has 1 aromatic rings. The van der Waals surface area contributed by atoms with E-state index in [1.807, 2.05) is 7.05 Å². The summed E-state index contributed by atoms with van der Waals surface area (Å²) in [5.41, 5.74) is 1.04. The Hall–Kier alpha value is -1.85. The average molecular weight is 265 g/mol. The van der Waals surface area contributed by atoms with E-state index in [1.165, 1.54) is 6.33 Å². The van der Waals surface area contributed by atoms with Gasteiger partial charge < -0.3 is 15.5 Å². The van der Waals surface area contributed by atoms with Gasteiger partial charge in [-0.15, -0.1) is 0 Å². The van der Waals surface area contributed by atoms with Crippen molar-refractivity contribution in [3.8, 4) is 0 Å². The van der Waals surface area contributed by atoms with Gasteiger partial charge in [0, 0.05) is 39.7 Å². The first-order valence-corrected chi connectivity index (χ1v) is 6.44. The van der Waals surface area contributed by atoms with Gasteiger partial charge in [0.2, 0.25) is 5.91 Å². The lowest BCUT2D eigenvalue weighted by molar-refractivity contribution is -0.128. The first-order chi connectivity index (χ1) is 8.97. The Morgan fingerprint density at radius 2 is 1.95 bits per heavy atom. The van der Waals surface area contributed by atoms with Crippen LogP contribution in [0.3, 0.4) is 0 Å². The molecule has 106 valence electrons. The summed E-state index contributed by atoms with van der Waals surface area (Å²) in [4.78, 5) is 21.6. The number of nitrogens with one attached hydrogen (secondary N) is 2. The van der Waals surface area contributed by atoms with Gasteiger partial charge in [-0.2, -0.15) is 0 Å². The van der Waals surface area contributed by atoms with Crippen LogP contribution < -0.4 is 10.6 Å². The highest BCUT2D eigenvalue weighted by molar-refractivity contribution is 5.76. The van der Waals surface area contributed by atoms with Crippen LogP contribution in [0.1, 0.15) is 31.7 Å². The molecule has 1 rings (SSSR count). The molecule has 0 aliphatic carbocycles. The van der Waals surface area contributed by atoms with E-state index < -0.39 is 0 Å². The Bertz CT molecular complexity index is 431. The molecule has 2 N–H and O–H groups in total. The maximum atomic E-state index is 11.5. The smallest absolute Gasteiger partial charge is 0.223 e. The fourth-order valence-corrected chi connectivity index (χ4v) is 1.79. The highest BCUT2D eigenvalue weighted by Gasteiger charge is 2.14. The van der Waals surface area contributed by atoms with Crippen LogP contribution in [0.4, 0.5) is 11.6 Å². The van der Waals surface area contributed by atoms with Crippen molar-refractivity contribution in [3.63, 3.8) is 0 Å². The third kappa shape index (κ3) is 4.08. The molecule has 0 aromatic carbocycles. The van der Waals surface area contributed by atoms with E-state index >= 15 is 0 Å². The monoisotopic (exact) mass is 265 g/mol. The summed E-state index contributed by atoms with van der Waals surface area (Å²) in [6.45, 7) is 4.75. The minimum atomic E-state index is 0.0986. The topological polar surface area (TPSA) is 70.1 Å². The molecular formula is C13H23N5O. The van der Waals surface area contributed by atoms with Gasteiger partial charge in [0.15, 0.2) is 0 Å². The van der Waals surface area contributed by atoms with Gasteiger partial charge in [-0.25, -0.2) is 9.97 Å². The molecule has 0 fully saturated rings. The van der Waals surface area contributed by atoms with Crippen LogP contribution >= 0.6 is 0 Å². The summed E-state index contributed by atoms with van der Waals surface area (Å²) in [5, 5.41) is 6.28. The van der Waals surface area contributed by atoms with Crippen molar-refractivity contribution in [3.05, 3.63) is 11.9 Å². The molecule has 0 spiro atoms. The summed E-state index contributed by atoms with van der Waals surface area (Å²) >= 11 is 0. The first kappa shape index (κ1) is 15.2. The van der Waals surface area contributed by atoms with Crippen LogP contribution in [0, 0.1) is 0 Å². The second-order valence-corrected chi connectivity index (χ2v) is 4.85. The summed E-state index contributed by atoms with van der Waals surface area (Å²) in [5.74, 6) is 2.02. The zero-order chi connectivity index (χ0) is 14.4. The van der Waals surface area contributed by atoms with E-state index in [4.69, 9.17) is 0 Å². The van der Waals surface area contributed by atoms with Gasteiger partial charge in [0.1, 0.15) is 18.0 Å². The van der Waals surface area contributed by atoms with Gasteiger partial charge in [0.25, 0.3) is 0 Å². The molecule has 0 atom stereocenters. The van der Waals surface area contributed by atoms with E-state index in [0.717, 1.165) is 17.2 Å². The van der Waals surface area contributed by atoms with Crippen molar-refractivity contribution >= 4 is 17.5 Å². The largest absolute Gasteiger partial charge is 0.373 e. The van der Waals surface area contributed by atoms with Crippen molar-refractivity contribution in [2.75, 3.05) is 38.3 Å². The van der Waals surface area contributed by atoms with Crippen molar-refractivity contribution in [1.82, 2.24) is 14.9 Å². The molecule has 0 saturated heterocycles. The minimum absolute atomic E-state index is 0.0986. The van der Waals surface area contributed by atoms with Crippen molar-refractivity contribution < 1.29 is 4.79 Å². The Labute approximate surface area is 114 Å². The van der Waals surface area contributed by atoms with E-state index in [9.17, 15) is 4.79 Å². The minimum Gasteiger partial charge on any atom is -0.373 e. The van der Waals surface area contributed by atoms with Crippen LogP contribution in [-0.2, 0) is 4.79 Å². The van der Waals surface area contributed by atoms with Crippen molar-refractivity contribution in [2.45, 2.75) is 26.2 Å². The van der Waals surface area contributed by atoms with Gasteiger partial charge in [-0.05, 0) is 5.92 Å². The number of carbonyl (C=O) groups is 1. The summed E-state index contributed by atoms with van der Waals surface area (Å²) < 4.78 is 0. The zero-order valence-corrected chi connectivity index (χ0v) is 12.3. The quantitative estimate of drug-likeness (QED) is 0.816. The second-order valence-electron chi connectivity index (χ2n) is 4.85. The summed E-state index contributed by atoms with van der Waals surface area (Å²) in [7, 11) is 5.35. The van der Waals surface area contributed by atoms with Gasteiger partial charge in [-0.3, -0.25) is 4.79 Å². The molecule has 0 aliphatic rings. The van der Waals surface area contributed by atoms with E-state index in [1.54, 1.807) is 19.0 Å². The Balaban J connectivity index is 2.75. The lowest BCUT2D eigenvalue weighted by Crippen LogP contribution is -2.24. The molecule has 19 heavy (non-hydrogen) atoms. The van der Waals surface area contributed by atoms with Gasteiger partial charge >= 0.3 is 0 Å². The number of rotatable bonds is 6.